The highest BCUT2D eigenvalue weighted by Crippen LogP contribution is 2.48. The third kappa shape index (κ3) is 2.25. The first-order valence-corrected chi connectivity index (χ1v) is 7.92. The topological polar surface area (TPSA) is 69.6 Å². The fourth-order valence-electron chi connectivity index (χ4n) is 3.18. The van der Waals surface area contributed by atoms with Gasteiger partial charge in [0.1, 0.15) is 11.6 Å². The summed E-state index contributed by atoms with van der Waals surface area (Å²) in [6.07, 6.45) is 3.84. The quantitative estimate of drug-likeness (QED) is 0.741. The Morgan fingerprint density at radius 2 is 1.96 bits per heavy atom. The van der Waals surface area contributed by atoms with E-state index in [2.05, 4.69) is 44.6 Å². The van der Waals surface area contributed by atoms with Gasteiger partial charge in [-0.1, -0.05) is 41.9 Å². The summed E-state index contributed by atoms with van der Waals surface area (Å²) < 4.78 is 7.58. The summed E-state index contributed by atoms with van der Waals surface area (Å²) in [6.45, 7) is 1.93. The van der Waals surface area contributed by atoms with Crippen molar-refractivity contribution in [1.29, 1.82) is 0 Å². The monoisotopic (exact) mass is 309 g/mol. The molecular weight excluding hydrogens is 290 g/mol. The Hall–Kier alpha value is -2.50. The lowest BCUT2D eigenvalue weighted by Crippen LogP contribution is -2.35. The molecule has 0 radical (unpaired) electrons. The molecule has 1 saturated carbocycles. The Balaban J connectivity index is 1.63. The van der Waals surface area contributed by atoms with Gasteiger partial charge < -0.3 is 9.09 Å². The molecule has 3 aromatic rings. The second-order valence-electron chi connectivity index (χ2n) is 6.22. The molecule has 6 heteroatoms. The summed E-state index contributed by atoms with van der Waals surface area (Å²) in [5, 5.41) is 12.4. The van der Waals surface area contributed by atoms with Gasteiger partial charge in [-0.3, -0.25) is 0 Å². The highest BCUT2D eigenvalue weighted by molar-refractivity contribution is 5.34. The van der Waals surface area contributed by atoms with Crippen molar-refractivity contribution in [3.8, 4) is 0 Å². The van der Waals surface area contributed by atoms with E-state index >= 15 is 0 Å². The Labute approximate surface area is 134 Å². The second-order valence-corrected chi connectivity index (χ2v) is 6.22. The van der Waals surface area contributed by atoms with E-state index in [1.54, 1.807) is 0 Å². The molecule has 23 heavy (non-hydrogen) atoms. The van der Waals surface area contributed by atoms with Crippen LogP contribution in [0.5, 0.6) is 0 Å². The molecule has 1 fully saturated rings. The summed E-state index contributed by atoms with van der Waals surface area (Å²) in [7, 11) is 1.95. The number of rotatable bonds is 4. The van der Waals surface area contributed by atoms with Crippen LogP contribution in [-0.2, 0) is 18.9 Å². The molecule has 1 aliphatic carbocycles. The summed E-state index contributed by atoms with van der Waals surface area (Å²) >= 11 is 0. The van der Waals surface area contributed by atoms with E-state index in [-0.39, 0.29) is 5.41 Å². The van der Waals surface area contributed by atoms with Crippen molar-refractivity contribution in [2.24, 2.45) is 7.05 Å². The van der Waals surface area contributed by atoms with Crippen molar-refractivity contribution in [2.75, 3.05) is 0 Å². The van der Waals surface area contributed by atoms with E-state index in [4.69, 9.17) is 4.52 Å². The zero-order valence-electron chi connectivity index (χ0n) is 13.4. The van der Waals surface area contributed by atoms with Gasteiger partial charge in [-0.25, -0.2) is 0 Å². The normalized spacial score (nSPS) is 16.3. The van der Waals surface area contributed by atoms with Gasteiger partial charge in [-0.15, -0.1) is 10.2 Å². The van der Waals surface area contributed by atoms with Crippen molar-refractivity contribution in [1.82, 2.24) is 24.9 Å². The first-order valence-electron chi connectivity index (χ1n) is 7.92. The molecule has 2 heterocycles. The van der Waals surface area contributed by atoms with Crippen LogP contribution in [0.25, 0.3) is 0 Å². The van der Waals surface area contributed by atoms with Gasteiger partial charge in [0.15, 0.2) is 5.82 Å². The summed E-state index contributed by atoms with van der Waals surface area (Å²) in [5.74, 6) is 3.11. The van der Waals surface area contributed by atoms with Gasteiger partial charge in [0.05, 0.1) is 11.8 Å². The van der Waals surface area contributed by atoms with Gasteiger partial charge in [0.25, 0.3) is 0 Å². The van der Waals surface area contributed by atoms with Crippen molar-refractivity contribution in [2.45, 2.75) is 38.0 Å². The highest BCUT2D eigenvalue weighted by Gasteiger charge is 2.45. The predicted molar refractivity (Wildman–Crippen MR) is 83.9 cm³/mol. The molecule has 2 aromatic heterocycles. The standard InChI is InChI=1S/C17H19N5O/c1-12-19-20-15(22(12)2)11-14-18-16(23-21-14)17(9-6-10-17)13-7-4-3-5-8-13/h3-5,7-8H,6,9-11H2,1-2H3. The fourth-order valence-corrected chi connectivity index (χ4v) is 3.18. The van der Waals surface area contributed by atoms with Crippen molar-refractivity contribution in [3.05, 3.63) is 59.3 Å². The Bertz CT molecular complexity index is 817. The van der Waals surface area contributed by atoms with Crippen LogP contribution in [0.1, 0.15) is 48.2 Å². The van der Waals surface area contributed by atoms with Crippen LogP contribution in [0, 0.1) is 6.92 Å². The summed E-state index contributed by atoms with van der Waals surface area (Å²) in [5.41, 5.74) is 1.15. The van der Waals surface area contributed by atoms with E-state index in [0.29, 0.717) is 12.2 Å². The lowest BCUT2D eigenvalue weighted by molar-refractivity contribution is 0.216. The maximum Gasteiger partial charge on any atom is 0.237 e. The molecule has 4 rings (SSSR count). The van der Waals surface area contributed by atoms with Crippen LogP contribution in [0.15, 0.2) is 34.9 Å². The van der Waals surface area contributed by atoms with Crippen molar-refractivity contribution < 1.29 is 4.52 Å². The van der Waals surface area contributed by atoms with Crippen LogP contribution in [0.3, 0.4) is 0 Å². The van der Waals surface area contributed by atoms with E-state index in [0.717, 1.165) is 30.4 Å². The third-order valence-electron chi connectivity index (χ3n) is 4.91. The number of aromatic nitrogens is 5. The number of hydrogen-bond donors (Lipinski definition) is 0. The zero-order chi connectivity index (χ0) is 15.9. The zero-order valence-corrected chi connectivity index (χ0v) is 13.4. The maximum absolute atomic E-state index is 5.63. The average molecular weight is 309 g/mol. The minimum absolute atomic E-state index is 0.109. The van der Waals surface area contributed by atoms with Crippen LogP contribution >= 0.6 is 0 Å². The number of aryl methyl sites for hydroxylation is 1. The van der Waals surface area contributed by atoms with E-state index in [1.807, 2.05) is 24.6 Å². The van der Waals surface area contributed by atoms with Crippen molar-refractivity contribution in [3.63, 3.8) is 0 Å². The lowest BCUT2D eigenvalue weighted by Gasteiger charge is -2.38. The summed E-state index contributed by atoms with van der Waals surface area (Å²) in [4.78, 5) is 4.67. The Morgan fingerprint density at radius 3 is 2.57 bits per heavy atom. The minimum atomic E-state index is -0.109. The molecule has 118 valence electrons. The van der Waals surface area contributed by atoms with Crippen LogP contribution in [0.4, 0.5) is 0 Å². The van der Waals surface area contributed by atoms with Crippen LogP contribution in [0.2, 0.25) is 0 Å². The molecule has 0 unspecified atom stereocenters. The number of hydrogen-bond acceptors (Lipinski definition) is 5. The molecule has 0 atom stereocenters. The average Bonchev–Trinajstić information content (AvgIpc) is 3.10. The van der Waals surface area contributed by atoms with E-state index in [9.17, 15) is 0 Å². The first-order chi connectivity index (χ1) is 11.2. The van der Waals surface area contributed by atoms with Gasteiger partial charge in [-0.05, 0) is 25.3 Å². The molecule has 6 nitrogen and oxygen atoms in total. The third-order valence-corrected chi connectivity index (χ3v) is 4.91. The molecule has 1 aliphatic rings. The largest absolute Gasteiger partial charge is 0.338 e. The molecule has 1 aromatic carbocycles. The van der Waals surface area contributed by atoms with Gasteiger partial charge >= 0.3 is 0 Å². The van der Waals surface area contributed by atoms with Crippen LogP contribution in [-0.4, -0.2) is 24.9 Å². The van der Waals surface area contributed by atoms with E-state index < -0.39 is 0 Å². The molecule has 0 aliphatic heterocycles. The lowest BCUT2D eigenvalue weighted by atomic mass is 9.64. The Morgan fingerprint density at radius 1 is 1.17 bits per heavy atom. The van der Waals surface area contributed by atoms with Gasteiger partial charge in [-0.2, -0.15) is 4.98 Å². The smallest absolute Gasteiger partial charge is 0.237 e. The van der Waals surface area contributed by atoms with Crippen LogP contribution < -0.4 is 0 Å². The highest BCUT2D eigenvalue weighted by atomic mass is 16.5. The molecule has 0 spiro atoms. The molecule has 0 bridgehead atoms. The van der Waals surface area contributed by atoms with Gasteiger partial charge in [0, 0.05) is 7.05 Å². The van der Waals surface area contributed by atoms with E-state index in [1.165, 1.54) is 12.0 Å². The molecule has 0 amide bonds. The second kappa shape index (κ2) is 5.30. The van der Waals surface area contributed by atoms with Gasteiger partial charge in [0.2, 0.25) is 5.89 Å². The Kier molecular flexibility index (Phi) is 3.25. The maximum atomic E-state index is 5.63. The predicted octanol–water partition coefficient (Wildman–Crippen LogP) is 2.57. The number of nitrogens with zero attached hydrogens (tertiary/aromatic N) is 5. The molecular formula is C17H19N5O. The number of benzene rings is 1. The minimum Gasteiger partial charge on any atom is -0.338 e. The molecule has 0 N–H and O–H groups in total. The SMILES string of the molecule is Cc1nnc(Cc2noc(C3(c4ccccc4)CCC3)n2)n1C. The fraction of sp³-hybridized carbons (Fsp3) is 0.412. The van der Waals surface area contributed by atoms with Crippen molar-refractivity contribution >= 4 is 0 Å². The summed E-state index contributed by atoms with van der Waals surface area (Å²) in [6, 6.07) is 10.5. The molecule has 0 saturated heterocycles. The first kappa shape index (κ1) is 14.1.